The summed E-state index contributed by atoms with van der Waals surface area (Å²) in [5.41, 5.74) is 2.73. The number of halogens is 1. The van der Waals surface area contributed by atoms with Crippen LogP contribution in [0.1, 0.15) is 12.0 Å². The molecule has 0 fully saturated rings. The van der Waals surface area contributed by atoms with Gasteiger partial charge in [0.25, 0.3) is 0 Å². The van der Waals surface area contributed by atoms with Crippen molar-refractivity contribution < 1.29 is 9.18 Å². The van der Waals surface area contributed by atoms with Crippen LogP contribution in [0.2, 0.25) is 0 Å². The van der Waals surface area contributed by atoms with Crippen molar-refractivity contribution in [1.82, 2.24) is 14.5 Å². The molecule has 0 saturated carbocycles. The molecule has 2 aromatic carbocycles. The monoisotopic (exact) mass is 311 g/mol. The normalized spacial score (nSPS) is 10.9. The molecule has 5 heteroatoms. The molecule has 0 aliphatic carbocycles. The zero-order chi connectivity index (χ0) is 16.2. The van der Waals surface area contributed by atoms with Gasteiger partial charge in [-0.25, -0.2) is 9.37 Å². The van der Waals surface area contributed by atoms with E-state index in [1.165, 1.54) is 12.1 Å². The average Bonchev–Trinajstić information content (AvgIpc) is 2.96. The van der Waals surface area contributed by atoms with E-state index in [-0.39, 0.29) is 11.7 Å². The van der Waals surface area contributed by atoms with Crippen LogP contribution >= 0.6 is 0 Å². The molecule has 23 heavy (non-hydrogen) atoms. The smallest absolute Gasteiger partial charge is 0.224 e. The molecule has 0 unspecified atom stereocenters. The first-order chi connectivity index (χ1) is 11.1. The van der Waals surface area contributed by atoms with E-state index in [2.05, 4.69) is 4.98 Å². The van der Waals surface area contributed by atoms with Crippen molar-refractivity contribution in [2.45, 2.75) is 19.5 Å². The van der Waals surface area contributed by atoms with Gasteiger partial charge in [-0.05, 0) is 29.8 Å². The molecule has 3 aromatic rings. The van der Waals surface area contributed by atoms with Gasteiger partial charge in [0, 0.05) is 26.6 Å². The van der Waals surface area contributed by atoms with Crippen molar-refractivity contribution in [3.63, 3.8) is 0 Å². The lowest BCUT2D eigenvalue weighted by molar-refractivity contribution is -0.130. The third-order valence-corrected chi connectivity index (χ3v) is 3.83. The standard InChI is InChI=1S/C18H18FN3O/c1-21(12-14-5-4-6-15(19)11-14)18(23)9-10-22-13-20-16-7-2-3-8-17(16)22/h2-8,11,13H,9-10,12H2,1H3. The van der Waals surface area contributed by atoms with E-state index in [1.807, 2.05) is 34.9 Å². The number of amides is 1. The fourth-order valence-electron chi connectivity index (χ4n) is 2.59. The highest BCUT2D eigenvalue weighted by molar-refractivity contribution is 5.77. The van der Waals surface area contributed by atoms with Crippen LogP contribution in [0, 0.1) is 5.82 Å². The number of nitrogens with zero attached hydrogens (tertiary/aromatic N) is 3. The maximum atomic E-state index is 13.2. The van der Waals surface area contributed by atoms with Crippen molar-refractivity contribution in [3.8, 4) is 0 Å². The summed E-state index contributed by atoms with van der Waals surface area (Å²) < 4.78 is 15.2. The van der Waals surface area contributed by atoms with Gasteiger partial charge < -0.3 is 9.47 Å². The SMILES string of the molecule is CN(Cc1cccc(F)c1)C(=O)CCn1cnc2ccccc21. The van der Waals surface area contributed by atoms with Crippen LogP contribution < -0.4 is 0 Å². The number of benzene rings is 2. The Balaban J connectivity index is 1.60. The molecule has 3 rings (SSSR count). The molecule has 1 amide bonds. The van der Waals surface area contributed by atoms with Gasteiger partial charge in [-0.15, -0.1) is 0 Å². The number of rotatable bonds is 5. The highest BCUT2D eigenvalue weighted by Gasteiger charge is 2.11. The maximum Gasteiger partial charge on any atom is 0.224 e. The van der Waals surface area contributed by atoms with Gasteiger partial charge in [-0.2, -0.15) is 0 Å². The van der Waals surface area contributed by atoms with E-state index >= 15 is 0 Å². The first-order valence-electron chi connectivity index (χ1n) is 7.52. The van der Waals surface area contributed by atoms with Crippen LogP contribution in [0.3, 0.4) is 0 Å². The minimum absolute atomic E-state index is 0.0204. The van der Waals surface area contributed by atoms with Gasteiger partial charge in [-0.1, -0.05) is 24.3 Å². The minimum Gasteiger partial charge on any atom is -0.341 e. The molecular formula is C18H18FN3O. The topological polar surface area (TPSA) is 38.1 Å². The number of carbonyl (C=O) groups excluding carboxylic acids is 1. The summed E-state index contributed by atoms with van der Waals surface area (Å²) >= 11 is 0. The summed E-state index contributed by atoms with van der Waals surface area (Å²) in [5, 5.41) is 0. The Labute approximate surface area is 134 Å². The van der Waals surface area contributed by atoms with E-state index in [4.69, 9.17) is 0 Å². The summed E-state index contributed by atoms with van der Waals surface area (Å²) in [5.74, 6) is -0.264. The summed E-state index contributed by atoms with van der Waals surface area (Å²) in [6.07, 6.45) is 2.14. The Kier molecular flexibility index (Phi) is 4.37. The Morgan fingerprint density at radius 1 is 1.22 bits per heavy atom. The summed E-state index contributed by atoms with van der Waals surface area (Å²) in [7, 11) is 1.74. The number of fused-ring (bicyclic) bond motifs is 1. The van der Waals surface area contributed by atoms with Crippen LogP contribution in [-0.2, 0) is 17.9 Å². The third-order valence-electron chi connectivity index (χ3n) is 3.83. The molecule has 0 spiro atoms. The number of hydrogen-bond acceptors (Lipinski definition) is 2. The second-order valence-electron chi connectivity index (χ2n) is 5.56. The van der Waals surface area contributed by atoms with Crippen molar-refractivity contribution in [2.75, 3.05) is 7.05 Å². The molecule has 1 aromatic heterocycles. The van der Waals surface area contributed by atoms with Crippen molar-refractivity contribution >= 4 is 16.9 Å². The number of aromatic nitrogens is 2. The third kappa shape index (κ3) is 3.56. The van der Waals surface area contributed by atoms with Gasteiger partial charge in [0.1, 0.15) is 5.82 Å². The lowest BCUT2D eigenvalue weighted by Gasteiger charge is -2.17. The highest BCUT2D eigenvalue weighted by Crippen LogP contribution is 2.13. The summed E-state index contributed by atoms with van der Waals surface area (Å²) in [6, 6.07) is 14.2. The Morgan fingerprint density at radius 2 is 2.04 bits per heavy atom. The lowest BCUT2D eigenvalue weighted by atomic mass is 10.2. The molecule has 0 radical (unpaired) electrons. The first kappa shape index (κ1) is 15.2. The first-order valence-corrected chi connectivity index (χ1v) is 7.52. The fraction of sp³-hybridized carbons (Fsp3) is 0.222. The van der Waals surface area contributed by atoms with Crippen LogP contribution in [0.25, 0.3) is 11.0 Å². The number of aryl methyl sites for hydroxylation is 1. The van der Waals surface area contributed by atoms with Crippen LogP contribution in [0.5, 0.6) is 0 Å². The van der Waals surface area contributed by atoms with E-state index in [0.717, 1.165) is 16.6 Å². The molecule has 0 saturated heterocycles. The Hall–Kier alpha value is -2.69. The molecule has 1 heterocycles. The molecule has 0 N–H and O–H groups in total. The van der Waals surface area contributed by atoms with E-state index in [1.54, 1.807) is 24.3 Å². The van der Waals surface area contributed by atoms with Crippen LogP contribution in [0.4, 0.5) is 4.39 Å². The van der Waals surface area contributed by atoms with Crippen molar-refractivity contribution in [1.29, 1.82) is 0 Å². The van der Waals surface area contributed by atoms with Crippen LogP contribution in [-0.4, -0.2) is 27.4 Å². The second kappa shape index (κ2) is 6.60. The van der Waals surface area contributed by atoms with Crippen molar-refractivity contribution in [3.05, 3.63) is 66.2 Å². The van der Waals surface area contributed by atoms with E-state index in [9.17, 15) is 9.18 Å². The van der Waals surface area contributed by atoms with Gasteiger partial charge in [0.2, 0.25) is 5.91 Å². The quantitative estimate of drug-likeness (QED) is 0.725. The Bertz CT molecular complexity index is 828. The minimum atomic E-state index is -0.284. The molecule has 0 atom stereocenters. The number of hydrogen-bond donors (Lipinski definition) is 0. The predicted octanol–water partition coefficient (Wildman–Crippen LogP) is 3.22. The maximum absolute atomic E-state index is 13.2. The molecule has 0 aliphatic rings. The van der Waals surface area contributed by atoms with E-state index < -0.39 is 0 Å². The Morgan fingerprint density at radius 3 is 2.87 bits per heavy atom. The lowest BCUT2D eigenvalue weighted by Crippen LogP contribution is -2.27. The van der Waals surface area contributed by atoms with Crippen LogP contribution in [0.15, 0.2) is 54.9 Å². The van der Waals surface area contributed by atoms with Gasteiger partial charge in [0.15, 0.2) is 0 Å². The zero-order valence-electron chi connectivity index (χ0n) is 12.9. The van der Waals surface area contributed by atoms with E-state index in [0.29, 0.717) is 19.5 Å². The zero-order valence-corrected chi connectivity index (χ0v) is 12.9. The largest absolute Gasteiger partial charge is 0.341 e. The predicted molar refractivity (Wildman–Crippen MR) is 87.2 cm³/mol. The van der Waals surface area contributed by atoms with Crippen molar-refractivity contribution in [2.24, 2.45) is 0 Å². The number of carbonyl (C=O) groups is 1. The molecule has 118 valence electrons. The van der Waals surface area contributed by atoms with Gasteiger partial charge in [-0.3, -0.25) is 4.79 Å². The summed E-state index contributed by atoms with van der Waals surface area (Å²) in [4.78, 5) is 18.2. The number of imidazole rings is 1. The molecule has 0 aliphatic heterocycles. The van der Waals surface area contributed by atoms with Gasteiger partial charge in [0.05, 0.1) is 17.4 Å². The van der Waals surface area contributed by atoms with Gasteiger partial charge >= 0.3 is 0 Å². The second-order valence-corrected chi connectivity index (χ2v) is 5.56. The molecule has 0 bridgehead atoms. The molecular weight excluding hydrogens is 293 g/mol. The summed E-state index contributed by atoms with van der Waals surface area (Å²) in [6.45, 7) is 0.980. The highest BCUT2D eigenvalue weighted by atomic mass is 19.1. The molecule has 4 nitrogen and oxygen atoms in total. The fourth-order valence-corrected chi connectivity index (χ4v) is 2.59. The average molecular weight is 311 g/mol. The number of para-hydroxylation sites is 2.